The molecule has 2 aromatic carbocycles. The average Bonchev–Trinajstić information content (AvgIpc) is 3.34. The fourth-order valence-electron chi connectivity index (χ4n) is 5.30. The number of benzene rings is 2. The van der Waals surface area contributed by atoms with Gasteiger partial charge in [-0.2, -0.15) is 8.78 Å². The van der Waals surface area contributed by atoms with Gasteiger partial charge in [-0.3, -0.25) is 0 Å². The highest BCUT2D eigenvalue weighted by Crippen LogP contribution is 2.41. The number of aryl methyl sites for hydroxylation is 2. The molecule has 36 heavy (non-hydrogen) atoms. The number of aliphatic hydroxyl groups is 1. The molecule has 1 atom stereocenters. The van der Waals surface area contributed by atoms with Crippen LogP contribution in [-0.4, -0.2) is 47.0 Å². The second kappa shape index (κ2) is 9.23. The molecule has 1 aromatic heterocycles. The molecule has 8 heteroatoms. The van der Waals surface area contributed by atoms with Gasteiger partial charge >= 0.3 is 5.92 Å². The Kier molecular flexibility index (Phi) is 6.37. The third kappa shape index (κ3) is 4.41. The van der Waals surface area contributed by atoms with Crippen LogP contribution >= 0.6 is 0 Å². The summed E-state index contributed by atoms with van der Waals surface area (Å²) in [4.78, 5) is 12.0. The molecule has 1 fully saturated rings. The van der Waals surface area contributed by atoms with Crippen LogP contribution in [0.4, 0.5) is 20.3 Å². The van der Waals surface area contributed by atoms with E-state index in [0.717, 1.165) is 57.1 Å². The maximum atomic E-state index is 14.8. The Morgan fingerprint density at radius 1 is 1.08 bits per heavy atom. The van der Waals surface area contributed by atoms with Gasteiger partial charge in [-0.25, -0.2) is 9.97 Å². The maximum Gasteiger partial charge on any atom is 0.300 e. The van der Waals surface area contributed by atoms with E-state index in [1.165, 1.54) is 28.9 Å². The largest absolute Gasteiger partial charge is 0.384 e. The Bertz CT molecular complexity index is 1280. The Labute approximate surface area is 210 Å². The molecule has 1 saturated heterocycles. The van der Waals surface area contributed by atoms with Crippen molar-refractivity contribution in [2.45, 2.75) is 64.5 Å². The van der Waals surface area contributed by atoms with E-state index in [2.05, 4.69) is 16.3 Å². The standard InChI is InChI=1S/C28H34F2N4O2/c1-17(19-7-5-8-20(15-19)28(29,30)27(3,4)35)31-26-23-16-24(34-11-13-36-14-12-34)21-9-6-10-22(21)25(23)32-18(2)33-26/h5,7-8,15-17,35H,6,9-14H2,1-4H3,(H,31,32,33)/t17-/m1/s1. The summed E-state index contributed by atoms with van der Waals surface area (Å²) in [7, 11) is 0. The van der Waals surface area contributed by atoms with E-state index in [4.69, 9.17) is 14.7 Å². The zero-order valence-corrected chi connectivity index (χ0v) is 21.4. The summed E-state index contributed by atoms with van der Waals surface area (Å²) in [6, 6.07) is 8.14. The lowest BCUT2D eigenvalue weighted by atomic mass is 9.91. The molecule has 0 unspecified atom stereocenters. The van der Waals surface area contributed by atoms with Crippen molar-refractivity contribution in [3.05, 3.63) is 58.4 Å². The highest BCUT2D eigenvalue weighted by Gasteiger charge is 2.47. The SMILES string of the molecule is Cc1nc(N[C@H](C)c2cccc(C(F)(F)C(C)(C)O)c2)c2cc(N3CCOCC3)c3c(c2n1)CCC3. The van der Waals surface area contributed by atoms with E-state index in [-0.39, 0.29) is 11.6 Å². The number of morpholine rings is 1. The van der Waals surface area contributed by atoms with Crippen LogP contribution in [0, 0.1) is 6.92 Å². The second-order valence-corrected chi connectivity index (χ2v) is 10.4. The van der Waals surface area contributed by atoms with Crippen molar-refractivity contribution >= 4 is 22.4 Å². The average molecular weight is 497 g/mol. The molecule has 192 valence electrons. The van der Waals surface area contributed by atoms with Crippen molar-refractivity contribution in [2.75, 3.05) is 36.5 Å². The molecular formula is C28H34F2N4O2. The summed E-state index contributed by atoms with van der Waals surface area (Å²) in [5, 5.41) is 14.5. The Balaban J connectivity index is 1.54. The summed E-state index contributed by atoms with van der Waals surface area (Å²) in [6.45, 7) is 9.20. The van der Waals surface area contributed by atoms with Crippen molar-refractivity contribution in [3.8, 4) is 0 Å². The first-order chi connectivity index (χ1) is 17.1. The van der Waals surface area contributed by atoms with Crippen LogP contribution < -0.4 is 10.2 Å². The van der Waals surface area contributed by atoms with E-state index in [1.54, 1.807) is 6.07 Å². The van der Waals surface area contributed by atoms with Crippen LogP contribution in [0.5, 0.6) is 0 Å². The molecule has 6 nitrogen and oxygen atoms in total. The highest BCUT2D eigenvalue weighted by atomic mass is 19.3. The summed E-state index contributed by atoms with van der Waals surface area (Å²) in [6.07, 6.45) is 3.14. The van der Waals surface area contributed by atoms with Crippen LogP contribution in [0.15, 0.2) is 30.3 Å². The Morgan fingerprint density at radius 3 is 2.53 bits per heavy atom. The van der Waals surface area contributed by atoms with Crippen LogP contribution in [-0.2, 0) is 23.5 Å². The monoisotopic (exact) mass is 496 g/mol. The first kappa shape index (κ1) is 24.8. The second-order valence-electron chi connectivity index (χ2n) is 10.4. The number of nitrogens with one attached hydrogen (secondary N) is 1. The number of halogens is 2. The molecule has 0 spiro atoms. The predicted octanol–water partition coefficient (Wildman–Crippen LogP) is 5.30. The van der Waals surface area contributed by atoms with Crippen molar-refractivity contribution in [1.29, 1.82) is 0 Å². The molecule has 5 rings (SSSR count). The fraction of sp³-hybridized carbons (Fsp3) is 0.500. The van der Waals surface area contributed by atoms with Crippen molar-refractivity contribution in [1.82, 2.24) is 9.97 Å². The Hall–Kier alpha value is -2.84. The van der Waals surface area contributed by atoms with E-state index in [9.17, 15) is 13.9 Å². The number of hydrogen-bond donors (Lipinski definition) is 2. The summed E-state index contributed by atoms with van der Waals surface area (Å²) < 4.78 is 35.3. The van der Waals surface area contributed by atoms with Gasteiger partial charge in [0.25, 0.3) is 0 Å². The summed E-state index contributed by atoms with van der Waals surface area (Å²) >= 11 is 0. The van der Waals surface area contributed by atoms with Crippen LogP contribution in [0.25, 0.3) is 10.9 Å². The molecule has 3 aromatic rings. The molecule has 0 amide bonds. The van der Waals surface area contributed by atoms with Gasteiger partial charge in [-0.05, 0) is 75.8 Å². The van der Waals surface area contributed by atoms with E-state index in [1.807, 2.05) is 19.9 Å². The number of nitrogens with zero attached hydrogens (tertiary/aromatic N) is 3. The topological polar surface area (TPSA) is 70.5 Å². The lowest BCUT2D eigenvalue weighted by Gasteiger charge is -2.31. The summed E-state index contributed by atoms with van der Waals surface area (Å²) in [5.41, 5.74) is 3.19. The minimum absolute atomic E-state index is 0.211. The van der Waals surface area contributed by atoms with Gasteiger partial charge in [-0.1, -0.05) is 18.2 Å². The molecule has 0 bridgehead atoms. The lowest BCUT2D eigenvalue weighted by molar-refractivity contribution is -0.168. The quantitative estimate of drug-likeness (QED) is 0.483. The van der Waals surface area contributed by atoms with Crippen LogP contribution in [0.3, 0.4) is 0 Å². The minimum Gasteiger partial charge on any atom is -0.384 e. The van der Waals surface area contributed by atoms with Crippen molar-refractivity contribution in [3.63, 3.8) is 0 Å². The van der Waals surface area contributed by atoms with Crippen molar-refractivity contribution in [2.24, 2.45) is 0 Å². The predicted molar refractivity (Wildman–Crippen MR) is 138 cm³/mol. The number of ether oxygens (including phenoxy) is 1. The zero-order chi connectivity index (χ0) is 25.7. The molecule has 1 aliphatic carbocycles. The van der Waals surface area contributed by atoms with E-state index >= 15 is 0 Å². The van der Waals surface area contributed by atoms with Crippen molar-refractivity contribution < 1.29 is 18.6 Å². The van der Waals surface area contributed by atoms with Gasteiger partial charge in [-0.15, -0.1) is 0 Å². The zero-order valence-electron chi connectivity index (χ0n) is 21.4. The van der Waals surface area contributed by atoms with Gasteiger partial charge in [0.15, 0.2) is 0 Å². The number of aromatic nitrogens is 2. The van der Waals surface area contributed by atoms with Gasteiger partial charge < -0.3 is 20.1 Å². The first-order valence-electron chi connectivity index (χ1n) is 12.7. The van der Waals surface area contributed by atoms with Crippen LogP contribution in [0.1, 0.15) is 61.3 Å². The molecular weight excluding hydrogens is 462 g/mol. The number of alkyl halides is 2. The third-order valence-corrected chi connectivity index (χ3v) is 7.37. The first-order valence-corrected chi connectivity index (χ1v) is 12.7. The summed E-state index contributed by atoms with van der Waals surface area (Å²) in [5.74, 6) is -2.00. The minimum atomic E-state index is -3.38. The smallest absolute Gasteiger partial charge is 0.300 e. The van der Waals surface area contributed by atoms with Gasteiger partial charge in [0, 0.05) is 35.8 Å². The maximum absolute atomic E-state index is 14.8. The number of hydrogen-bond acceptors (Lipinski definition) is 6. The number of anilines is 2. The molecule has 2 heterocycles. The van der Waals surface area contributed by atoms with E-state index < -0.39 is 11.5 Å². The van der Waals surface area contributed by atoms with Gasteiger partial charge in [0.2, 0.25) is 0 Å². The Morgan fingerprint density at radius 2 is 1.81 bits per heavy atom. The van der Waals surface area contributed by atoms with E-state index in [0.29, 0.717) is 30.4 Å². The number of rotatable bonds is 6. The number of fused-ring (bicyclic) bond motifs is 3. The molecule has 2 N–H and O–H groups in total. The van der Waals surface area contributed by atoms with Gasteiger partial charge in [0.05, 0.1) is 18.7 Å². The van der Waals surface area contributed by atoms with Crippen LogP contribution in [0.2, 0.25) is 0 Å². The normalized spacial score (nSPS) is 17.4. The lowest BCUT2D eigenvalue weighted by Crippen LogP contribution is -2.40. The molecule has 0 saturated carbocycles. The third-order valence-electron chi connectivity index (χ3n) is 7.37. The fourth-order valence-corrected chi connectivity index (χ4v) is 5.30. The molecule has 0 radical (unpaired) electrons. The molecule has 1 aliphatic heterocycles. The molecule has 2 aliphatic rings. The highest BCUT2D eigenvalue weighted by molar-refractivity contribution is 5.96. The van der Waals surface area contributed by atoms with Gasteiger partial charge in [0.1, 0.15) is 17.2 Å².